The molecule has 2 aliphatic rings. The summed E-state index contributed by atoms with van der Waals surface area (Å²) < 4.78 is 0. The third-order valence-electron chi connectivity index (χ3n) is 3.82. The van der Waals surface area contributed by atoms with Crippen molar-refractivity contribution in [3.63, 3.8) is 0 Å². The van der Waals surface area contributed by atoms with Gasteiger partial charge in [0.2, 0.25) is 0 Å². The maximum absolute atomic E-state index is 12.1. The molecule has 1 heteroatoms. The Bertz CT molecular complexity index is 330. The van der Waals surface area contributed by atoms with Gasteiger partial charge in [0.05, 0.1) is 0 Å². The van der Waals surface area contributed by atoms with Gasteiger partial charge in [0.25, 0.3) is 0 Å². The van der Waals surface area contributed by atoms with E-state index < -0.39 is 0 Å². The zero-order chi connectivity index (χ0) is 12.8. The topological polar surface area (TPSA) is 17.1 Å². The van der Waals surface area contributed by atoms with Crippen molar-refractivity contribution >= 4 is 5.78 Å². The lowest BCUT2D eigenvalue weighted by molar-refractivity contribution is -0.111. The fourth-order valence-corrected chi connectivity index (χ4v) is 2.20. The van der Waals surface area contributed by atoms with Crippen LogP contribution in [0.1, 0.15) is 64.7 Å². The fraction of sp³-hybridized carbons (Fsp3) is 0.706. The molecule has 100 valence electrons. The Balaban J connectivity index is 1.81. The first-order valence-corrected chi connectivity index (χ1v) is 7.73. The number of rotatable bonds is 9. The number of unbranched alkanes of at least 4 members (excludes halogenated alkanes) is 3. The van der Waals surface area contributed by atoms with Crippen LogP contribution < -0.4 is 0 Å². The van der Waals surface area contributed by atoms with E-state index in [2.05, 4.69) is 19.1 Å². The van der Waals surface area contributed by atoms with Gasteiger partial charge in [-0.2, -0.15) is 0 Å². The lowest BCUT2D eigenvalue weighted by Crippen LogP contribution is -2.00. The SMILES string of the molecule is CCCCCCC(=CC1CC1)C(=O)C=CC1CC1. The summed E-state index contributed by atoms with van der Waals surface area (Å²) >= 11 is 0. The molecule has 2 fully saturated rings. The van der Waals surface area contributed by atoms with Crippen molar-refractivity contribution in [3.05, 3.63) is 23.8 Å². The molecule has 0 spiro atoms. The molecule has 0 N–H and O–H groups in total. The molecule has 1 nitrogen and oxygen atoms in total. The highest BCUT2D eigenvalue weighted by Gasteiger charge is 2.21. The van der Waals surface area contributed by atoms with Crippen LogP contribution in [0.15, 0.2) is 23.8 Å². The normalized spacial score (nSPS) is 20.6. The van der Waals surface area contributed by atoms with Crippen molar-refractivity contribution in [2.45, 2.75) is 64.7 Å². The molecule has 2 rings (SSSR count). The minimum absolute atomic E-state index is 0.283. The highest BCUT2D eigenvalue weighted by Crippen LogP contribution is 2.33. The first-order chi connectivity index (χ1) is 8.79. The lowest BCUT2D eigenvalue weighted by atomic mass is 10.0. The summed E-state index contributed by atoms with van der Waals surface area (Å²) in [6.45, 7) is 2.23. The third kappa shape index (κ3) is 5.20. The zero-order valence-corrected chi connectivity index (χ0v) is 11.7. The average Bonchev–Trinajstić information content (AvgIpc) is 3.24. The Labute approximate surface area is 111 Å². The quantitative estimate of drug-likeness (QED) is 0.421. The second-order valence-electron chi connectivity index (χ2n) is 5.90. The number of ketones is 1. The van der Waals surface area contributed by atoms with Gasteiger partial charge in [-0.15, -0.1) is 0 Å². The van der Waals surface area contributed by atoms with Gasteiger partial charge < -0.3 is 0 Å². The lowest BCUT2D eigenvalue weighted by Gasteiger charge is -2.04. The minimum Gasteiger partial charge on any atom is -0.290 e. The first kappa shape index (κ1) is 13.6. The Morgan fingerprint density at radius 2 is 1.78 bits per heavy atom. The summed E-state index contributed by atoms with van der Waals surface area (Å²) in [4.78, 5) is 12.1. The standard InChI is InChI=1S/C17H26O/c1-2-3-4-5-6-16(13-15-9-10-15)17(18)12-11-14-7-8-14/h11-15H,2-10H2,1H3. The smallest absolute Gasteiger partial charge is 0.181 e. The summed E-state index contributed by atoms with van der Waals surface area (Å²) in [5.74, 6) is 1.70. The van der Waals surface area contributed by atoms with E-state index in [0.29, 0.717) is 11.8 Å². The Hall–Kier alpha value is -0.850. The van der Waals surface area contributed by atoms with Crippen molar-refractivity contribution in [1.82, 2.24) is 0 Å². The molecule has 2 aliphatic carbocycles. The van der Waals surface area contributed by atoms with E-state index in [-0.39, 0.29) is 5.78 Å². The van der Waals surface area contributed by atoms with E-state index in [1.54, 1.807) is 0 Å². The summed E-state index contributed by atoms with van der Waals surface area (Å²) in [5, 5.41) is 0. The molecule has 0 amide bonds. The van der Waals surface area contributed by atoms with Gasteiger partial charge in [-0.1, -0.05) is 38.3 Å². The van der Waals surface area contributed by atoms with Crippen LogP contribution in [0, 0.1) is 11.8 Å². The zero-order valence-electron chi connectivity index (χ0n) is 11.7. The molecule has 0 atom stereocenters. The van der Waals surface area contributed by atoms with Gasteiger partial charge in [0.1, 0.15) is 0 Å². The molecule has 0 bridgehead atoms. The third-order valence-corrected chi connectivity index (χ3v) is 3.82. The molecular weight excluding hydrogens is 220 g/mol. The van der Waals surface area contributed by atoms with Crippen LogP contribution in [-0.2, 0) is 4.79 Å². The number of hydrogen-bond donors (Lipinski definition) is 0. The van der Waals surface area contributed by atoms with Crippen LogP contribution in [0.25, 0.3) is 0 Å². The van der Waals surface area contributed by atoms with Crippen molar-refractivity contribution < 1.29 is 4.79 Å². The number of carbonyl (C=O) groups excluding carboxylic acids is 1. The molecule has 0 aromatic rings. The Morgan fingerprint density at radius 3 is 2.39 bits per heavy atom. The van der Waals surface area contributed by atoms with Crippen molar-refractivity contribution in [2.75, 3.05) is 0 Å². The summed E-state index contributed by atoms with van der Waals surface area (Å²) in [7, 11) is 0. The number of carbonyl (C=O) groups is 1. The predicted octanol–water partition coefficient (Wildman–Crippen LogP) is 4.83. The van der Waals surface area contributed by atoms with E-state index in [9.17, 15) is 4.79 Å². The van der Waals surface area contributed by atoms with Crippen LogP contribution >= 0.6 is 0 Å². The summed E-state index contributed by atoms with van der Waals surface area (Å²) in [6, 6.07) is 0. The van der Waals surface area contributed by atoms with Gasteiger partial charge in [0.15, 0.2) is 5.78 Å². The van der Waals surface area contributed by atoms with Crippen LogP contribution in [0.3, 0.4) is 0 Å². The molecule has 0 aromatic heterocycles. The molecule has 0 aliphatic heterocycles. The van der Waals surface area contributed by atoms with E-state index in [4.69, 9.17) is 0 Å². The second-order valence-corrected chi connectivity index (χ2v) is 5.90. The molecule has 18 heavy (non-hydrogen) atoms. The fourth-order valence-electron chi connectivity index (χ4n) is 2.20. The van der Waals surface area contributed by atoms with Crippen molar-refractivity contribution in [3.8, 4) is 0 Å². The van der Waals surface area contributed by atoms with E-state index in [0.717, 1.165) is 12.0 Å². The summed E-state index contributed by atoms with van der Waals surface area (Å²) in [6.07, 6.45) is 17.3. The molecule has 2 saturated carbocycles. The van der Waals surface area contributed by atoms with Crippen LogP contribution in [-0.4, -0.2) is 5.78 Å². The van der Waals surface area contributed by atoms with E-state index >= 15 is 0 Å². The van der Waals surface area contributed by atoms with E-state index in [1.165, 1.54) is 51.4 Å². The van der Waals surface area contributed by atoms with Crippen LogP contribution in [0.4, 0.5) is 0 Å². The molecular formula is C17H26O. The van der Waals surface area contributed by atoms with Gasteiger partial charge in [-0.05, 0) is 62.0 Å². The highest BCUT2D eigenvalue weighted by atomic mass is 16.1. The largest absolute Gasteiger partial charge is 0.290 e. The van der Waals surface area contributed by atoms with Crippen molar-refractivity contribution in [2.24, 2.45) is 11.8 Å². The second kappa shape index (κ2) is 6.92. The Morgan fingerprint density at radius 1 is 1.06 bits per heavy atom. The molecule has 0 heterocycles. The maximum atomic E-state index is 12.1. The molecule has 0 saturated heterocycles. The maximum Gasteiger partial charge on any atom is 0.181 e. The van der Waals surface area contributed by atoms with Crippen LogP contribution in [0.5, 0.6) is 0 Å². The Kier molecular flexibility index (Phi) is 5.22. The van der Waals surface area contributed by atoms with Gasteiger partial charge >= 0.3 is 0 Å². The number of hydrogen-bond acceptors (Lipinski definition) is 1. The van der Waals surface area contributed by atoms with Crippen molar-refractivity contribution in [1.29, 1.82) is 0 Å². The summed E-state index contributed by atoms with van der Waals surface area (Å²) in [5.41, 5.74) is 1.09. The van der Waals surface area contributed by atoms with Gasteiger partial charge in [-0.25, -0.2) is 0 Å². The van der Waals surface area contributed by atoms with Gasteiger partial charge in [0, 0.05) is 0 Å². The van der Waals surface area contributed by atoms with Gasteiger partial charge in [-0.3, -0.25) is 4.79 Å². The van der Waals surface area contributed by atoms with E-state index in [1.807, 2.05) is 6.08 Å². The predicted molar refractivity (Wildman–Crippen MR) is 76.4 cm³/mol. The molecule has 0 unspecified atom stereocenters. The minimum atomic E-state index is 0.283. The average molecular weight is 246 g/mol. The van der Waals surface area contributed by atoms with Crippen LogP contribution in [0.2, 0.25) is 0 Å². The molecule has 0 radical (unpaired) electrons. The molecule has 0 aromatic carbocycles. The number of allylic oxidation sites excluding steroid dienone is 4. The monoisotopic (exact) mass is 246 g/mol. The first-order valence-electron chi connectivity index (χ1n) is 7.73. The highest BCUT2D eigenvalue weighted by molar-refractivity contribution is 6.03.